The second-order valence-corrected chi connectivity index (χ2v) is 6.76. The minimum absolute atomic E-state index is 0.135. The summed E-state index contributed by atoms with van der Waals surface area (Å²) in [4.78, 5) is 25.0. The lowest BCUT2D eigenvalue weighted by Gasteiger charge is -2.08. The number of rotatable bonds is 7. The van der Waals surface area contributed by atoms with Gasteiger partial charge in [-0.3, -0.25) is 14.8 Å². The maximum Gasteiger partial charge on any atom is 0.229 e. The molecule has 0 saturated carbocycles. The van der Waals surface area contributed by atoms with E-state index in [-0.39, 0.29) is 12.3 Å². The number of halogens is 1. The van der Waals surface area contributed by atoms with Gasteiger partial charge >= 0.3 is 0 Å². The molecule has 28 heavy (non-hydrogen) atoms. The Balaban J connectivity index is 2.02. The maximum absolute atomic E-state index is 12.4. The smallest absolute Gasteiger partial charge is 0.229 e. The van der Waals surface area contributed by atoms with Gasteiger partial charge in [-0.25, -0.2) is 4.98 Å². The van der Waals surface area contributed by atoms with Crippen LogP contribution in [0, 0.1) is 0 Å². The third-order valence-electron chi connectivity index (χ3n) is 4.28. The molecule has 0 bridgehead atoms. The van der Waals surface area contributed by atoms with E-state index in [1.807, 2.05) is 39.0 Å². The van der Waals surface area contributed by atoms with E-state index in [0.29, 0.717) is 5.82 Å². The molecule has 0 atom stereocenters. The average Bonchev–Trinajstić information content (AvgIpc) is 2.73. The lowest BCUT2D eigenvalue weighted by atomic mass is 10.1. The molecule has 146 valence electrons. The highest BCUT2D eigenvalue weighted by molar-refractivity contribution is 6.32. The SMILES string of the molecule is C\C=C(/C=C(C)\C(Cl)=C(/C)CC)CC(=O)Nc1ccc(-c2cnccn2)cn1. The van der Waals surface area contributed by atoms with Gasteiger partial charge in [-0.1, -0.05) is 36.2 Å². The van der Waals surface area contributed by atoms with Crippen molar-refractivity contribution in [2.75, 3.05) is 5.32 Å². The van der Waals surface area contributed by atoms with E-state index in [1.54, 1.807) is 30.9 Å². The van der Waals surface area contributed by atoms with Crippen LogP contribution < -0.4 is 5.32 Å². The van der Waals surface area contributed by atoms with Gasteiger partial charge in [0.2, 0.25) is 5.91 Å². The number of nitrogens with one attached hydrogen (secondary N) is 1. The first-order valence-electron chi connectivity index (χ1n) is 9.16. The fraction of sp³-hybridized carbons (Fsp3) is 0.273. The van der Waals surface area contributed by atoms with Crippen molar-refractivity contribution in [3.05, 3.63) is 70.8 Å². The van der Waals surface area contributed by atoms with Crippen LogP contribution in [0.4, 0.5) is 5.82 Å². The Morgan fingerprint density at radius 1 is 1.18 bits per heavy atom. The summed E-state index contributed by atoms with van der Waals surface area (Å²) in [6.07, 6.45) is 11.6. The predicted octanol–water partition coefficient (Wildman–Crippen LogP) is 5.68. The van der Waals surface area contributed by atoms with Gasteiger partial charge in [0.25, 0.3) is 0 Å². The van der Waals surface area contributed by atoms with Crippen molar-refractivity contribution in [1.29, 1.82) is 0 Å². The van der Waals surface area contributed by atoms with Crippen LogP contribution in [0.3, 0.4) is 0 Å². The number of nitrogens with zero attached hydrogens (tertiary/aromatic N) is 3. The molecule has 0 saturated heterocycles. The molecule has 2 rings (SSSR count). The highest BCUT2D eigenvalue weighted by Gasteiger charge is 2.08. The number of anilines is 1. The van der Waals surface area contributed by atoms with Gasteiger partial charge in [0.15, 0.2) is 0 Å². The van der Waals surface area contributed by atoms with Crippen LogP contribution in [0.2, 0.25) is 0 Å². The Morgan fingerprint density at radius 2 is 1.96 bits per heavy atom. The lowest BCUT2D eigenvalue weighted by molar-refractivity contribution is -0.115. The van der Waals surface area contributed by atoms with Gasteiger partial charge in [0.05, 0.1) is 18.3 Å². The number of allylic oxidation sites excluding steroid dienone is 5. The number of carbonyl (C=O) groups is 1. The van der Waals surface area contributed by atoms with Gasteiger partial charge in [0, 0.05) is 29.2 Å². The normalized spacial score (nSPS) is 13.2. The zero-order valence-electron chi connectivity index (χ0n) is 16.7. The van der Waals surface area contributed by atoms with E-state index in [0.717, 1.165) is 39.4 Å². The van der Waals surface area contributed by atoms with Crippen LogP contribution in [-0.2, 0) is 4.79 Å². The first kappa shape index (κ1) is 21.5. The Morgan fingerprint density at radius 3 is 2.54 bits per heavy atom. The van der Waals surface area contributed by atoms with Crippen molar-refractivity contribution in [2.45, 2.75) is 40.5 Å². The molecule has 0 aliphatic carbocycles. The third-order valence-corrected chi connectivity index (χ3v) is 4.90. The molecule has 5 nitrogen and oxygen atoms in total. The van der Waals surface area contributed by atoms with Crippen molar-refractivity contribution >= 4 is 23.3 Å². The second kappa shape index (κ2) is 10.5. The molecule has 2 heterocycles. The number of carbonyl (C=O) groups excluding carboxylic acids is 1. The van der Waals surface area contributed by atoms with E-state index in [4.69, 9.17) is 11.6 Å². The summed E-state index contributed by atoms with van der Waals surface area (Å²) >= 11 is 6.38. The second-order valence-electron chi connectivity index (χ2n) is 6.39. The summed E-state index contributed by atoms with van der Waals surface area (Å²) in [5.74, 6) is 0.359. The fourth-order valence-electron chi connectivity index (χ4n) is 2.51. The molecule has 0 unspecified atom stereocenters. The van der Waals surface area contributed by atoms with Crippen LogP contribution in [0.1, 0.15) is 40.5 Å². The van der Waals surface area contributed by atoms with Crippen LogP contribution >= 0.6 is 11.6 Å². The van der Waals surface area contributed by atoms with Crippen LogP contribution in [0.25, 0.3) is 11.3 Å². The number of hydrogen-bond acceptors (Lipinski definition) is 4. The first-order valence-corrected chi connectivity index (χ1v) is 9.53. The molecule has 2 aromatic heterocycles. The highest BCUT2D eigenvalue weighted by Crippen LogP contribution is 2.23. The third kappa shape index (κ3) is 6.13. The standard InChI is InChI=1S/C22H25ClN4O/c1-5-15(3)22(23)16(4)11-17(6-2)12-21(28)27-20-8-7-18(13-26-20)19-14-24-9-10-25-19/h6-11,13-14H,5,12H2,1-4H3,(H,26,27,28)/b16-11-,17-6+,22-15-. The lowest BCUT2D eigenvalue weighted by Crippen LogP contribution is -2.13. The molecule has 0 aliphatic heterocycles. The van der Waals surface area contributed by atoms with E-state index >= 15 is 0 Å². The largest absolute Gasteiger partial charge is 0.310 e. The molecule has 1 amide bonds. The van der Waals surface area contributed by atoms with E-state index < -0.39 is 0 Å². The monoisotopic (exact) mass is 396 g/mol. The Labute approximate surface area is 171 Å². The van der Waals surface area contributed by atoms with Gasteiger partial charge in [0.1, 0.15) is 5.82 Å². The Kier molecular flexibility index (Phi) is 8.08. The highest BCUT2D eigenvalue weighted by atomic mass is 35.5. The van der Waals surface area contributed by atoms with Gasteiger partial charge in [-0.05, 0) is 50.5 Å². The average molecular weight is 397 g/mol. The Bertz CT molecular complexity index is 900. The molecule has 0 fully saturated rings. The van der Waals surface area contributed by atoms with Crippen LogP contribution in [0.15, 0.2) is 70.8 Å². The van der Waals surface area contributed by atoms with Crippen molar-refractivity contribution in [3.8, 4) is 11.3 Å². The molecular weight excluding hydrogens is 372 g/mol. The summed E-state index contributed by atoms with van der Waals surface area (Å²) < 4.78 is 0. The molecule has 2 aromatic rings. The molecule has 0 aliphatic rings. The van der Waals surface area contributed by atoms with Crippen LogP contribution in [0.5, 0.6) is 0 Å². The quantitative estimate of drug-likeness (QED) is 0.611. The minimum Gasteiger partial charge on any atom is -0.310 e. The molecule has 1 N–H and O–H groups in total. The summed E-state index contributed by atoms with van der Waals surface area (Å²) in [6.45, 7) is 7.94. The van der Waals surface area contributed by atoms with Crippen molar-refractivity contribution in [2.24, 2.45) is 0 Å². The molecular formula is C22H25ClN4O. The van der Waals surface area contributed by atoms with Crippen molar-refractivity contribution < 1.29 is 4.79 Å². The van der Waals surface area contributed by atoms with Crippen molar-refractivity contribution in [3.63, 3.8) is 0 Å². The number of pyridine rings is 1. The van der Waals surface area contributed by atoms with Crippen molar-refractivity contribution in [1.82, 2.24) is 15.0 Å². The Hall–Kier alpha value is -2.79. The molecule has 0 radical (unpaired) electrons. The number of aromatic nitrogens is 3. The zero-order chi connectivity index (χ0) is 20.5. The van der Waals surface area contributed by atoms with Gasteiger partial charge in [-0.2, -0.15) is 0 Å². The summed E-state index contributed by atoms with van der Waals surface area (Å²) in [5, 5.41) is 3.57. The van der Waals surface area contributed by atoms with Crippen LogP contribution in [-0.4, -0.2) is 20.9 Å². The van der Waals surface area contributed by atoms with Gasteiger partial charge < -0.3 is 5.32 Å². The van der Waals surface area contributed by atoms with E-state index in [2.05, 4.69) is 27.2 Å². The summed E-state index contributed by atoms with van der Waals surface area (Å²) in [7, 11) is 0. The summed E-state index contributed by atoms with van der Waals surface area (Å²) in [6, 6.07) is 3.61. The van der Waals surface area contributed by atoms with E-state index in [9.17, 15) is 4.79 Å². The van der Waals surface area contributed by atoms with Gasteiger partial charge in [-0.15, -0.1) is 0 Å². The zero-order valence-corrected chi connectivity index (χ0v) is 17.4. The minimum atomic E-state index is -0.135. The summed E-state index contributed by atoms with van der Waals surface area (Å²) in [5.41, 5.74) is 4.55. The number of amides is 1. The molecule has 0 spiro atoms. The van der Waals surface area contributed by atoms with E-state index in [1.165, 1.54) is 0 Å². The molecule has 6 heteroatoms. The first-order chi connectivity index (χ1) is 13.4. The maximum atomic E-state index is 12.4. The molecule has 0 aromatic carbocycles. The topological polar surface area (TPSA) is 67.8 Å². The fourth-order valence-corrected chi connectivity index (χ4v) is 2.70. The predicted molar refractivity (Wildman–Crippen MR) is 115 cm³/mol. The number of hydrogen-bond donors (Lipinski definition) is 1.